The largest absolute Gasteiger partial charge is 0.468 e. The van der Waals surface area contributed by atoms with Crippen LogP contribution >= 0.6 is 0 Å². The van der Waals surface area contributed by atoms with E-state index in [4.69, 9.17) is 4.74 Å². The van der Waals surface area contributed by atoms with E-state index in [-0.39, 0.29) is 12.0 Å². The Labute approximate surface area is 111 Å². The maximum absolute atomic E-state index is 11.7. The van der Waals surface area contributed by atoms with Crippen molar-refractivity contribution in [3.63, 3.8) is 0 Å². The van der Waals surface area contributed by atoms with Crippen LogP contribution in [0.25, 0.3) is 0 Å². The van der Waals surface area contributed by atoms with Crippen LogP contribution in [0, 0.1) is 5.92 Å². The summed E-state index contributed by atoms with van der Waals surface area (Å²) in [5.41, 5.74) is 0. The second kappa shape index (κ2) is 8.48. The lowest BCUT2D eigenvalue weighted by Gasteiger charge is -2.23. The zero-order valence-electron chi connectivity index (χ0n) is 12.1. The molecule has 1 saturated heterocycles. The predicted octanol–water partition coefficient (Wildman–Crippen LogP) is 1.65. The fourth-order valence-corrected chi connectivity index (χ4v) is 2.66. The highest BCUT2D eigenvalue weighted by Crippen LogP contribution is 2.20. The second-order valence-corrected chi connectivity index (χ2v) is 5.23. The SMILES string of the molecule is CCCNC(CN1CCC(CCC)C1)C(=O)OC. The summed E-state index contributed by atoms with van der Waals surface area (Å²) in [6.45, 7) is 8.25. The van der Waals surface area contributed by atoms with E-state index in [0.29, 0.717) is 0 Å². The Bertz CT molecular complexity index is 246. The third-order valence-corrected chi connectivity index (χ3v) is 3.63. The third-order valence-electron chi connectivity index (χ3n) is 3.63. The van der Waals surface area contributed by atoms with Gasteiger partial charge in [0.1, 0.15) is 6.04 Å². The lowest BCUT2D eigenvalue weighted by molar-refractivity contribution is -0.143. The number of esters is 1. The first-order chi connectivity index (χ1) is 8.71. The Morgan fingerprint density at radius 1 is 1.44 bits per heavy atom. The van der Waals surface area contributed by atoms with Gasteiger partial charge in [0.25, 0.3) is 0 Å². The first-order valence-electron chi connectivity index (χ1n) is 7.24. The number of carbonyl (C=O) groups is 1. The standard InChI is InChI=1S/C14H28N2O2/c1-4-6-12-7-9-16(10-12)11-13(14(17)18-3)15-8-5-2/h12-13,15H,4-11H2,1-3H3. The zero-order valence-corrected chi connectivity index (χ0v) is 12.1. The zero-order chi connectivity index (χ0) is 13.4. The fourth-order valence-electron chi connectivity index (χ4n) is 2.66. The highest BCUT2D eigenvalue weighted by atomic mass is 16.5. The molecule has 1 aliphatic rings. The number of hydrogen-bond donors (Lipinski definition) is 1. The molecule has 106 valence electrons. The van der Waals surface area contributed by atoms with Gasteiger partial charge in [0.2, 0.25) is 0 Å². The molecule has 0 radical (unpaired) electrons. The molecule has 18 heavy (non-hydrogen) atoms. The van der Waals surface area contributed by atoms with E-state index in [9.17, 15) is 4.79 Å². The van der Waals surface area contributed by atoms with Crippen molar-refractivity contribution in [3.8, 4) is 0 Å². The summed E-state index contributed by atoms with van der Waals surface area (Å²) in [7, 11) is 1.47. The average Bonchev–Trinajstić information content (AvgIpc) is 2.81. The lowest BCUT2D eigenvalue weighted by atomic mass is 10.0. The molecule has 2 atom stereocenters. The maximum Gasteiger partial charge on any atom is 0.324 e. The Morgan fingerprint density at radius 2 is 2.22 bits per heavy atom. The predicted molar refractivity (Wildman–Crippen MR) is 73.6 cm³/mol. The van der Waals surface area contributed by atoms with Crippen LogP contribution in [0.4, 0.5) is 0 Å². The Hall–Kier alpha value is -0.610. The number of likely N-dealkylation sites (tertiary alicyclic amines) is 1. The van der Waals surface area contributed by atoms with Crippen molar-refractivity contribution in [2.24, 2.45) is 5.92 Å². The van der Waals surface area contributed by atoms with Gasteiger partial charge in [0.05, 0.1) is 7.11 Å². The van der Waals surface area contributed by atoms with Crippen molar-refractivity contribution in [2.75, 3.05) is 33.3 Å². The summed E-state index contributed by atoms with van der Waals surface area (Å²) in [5.74, 6) is 0.682. The van der Waals surface area contributed by atoms with Crippen molar-refractivity contribution < 1.29 is 9.53 Å². The second-order valence-electron chi connectivity index (χ2n) is 5.23. The molecule has 0 bridgehead atoms. The molecular weight excluding hydrogens is 228 g/mol. The maximum atomic E-state index is 11.7. The fraction of sp³-hybridized carbons (Fsp3) is 0.929. The van der Waals surface area contributed by atoms with Crippen LogP contribution < -0.4 is 5.32 Å². The highest BCUT2D eigenvalue weighted by molar-refractivity contribution is 5.75. The van der Waals surface area contributed by atoms with Crippen LogP contribution in [-0.2, 0) is 9.53 Å². The molecule has 0 aromatic rings. The minimum absolute atomic E-state index is 0.137. The molecule has 0 amide bonds. The average molecular weight is 256 g/mol. The van der Waals surface area contributed by atoms with Gasteiger partial charge in [-0.25, -0.2) is 0 Å². The number of hydrogen-bond acceptors (Lipinski definition) is 4. The Morgan fingerprint density at radius 3 is 2.83 bits per heavy atom. The number of ether oxygens (including phenoxy) is 1. The van der Waals surface area contributed by atoms with Crippen molar-refractivity contribution >= 4 is 5.97 Å². The first kappa shape index (κ1) is 15.4. The van der Waals surface area contributed by atoms with E-state index >= 15 is 0 Å². The van der Waals surface area contributed by atoms with Crippen molar-refractivity contribution in [2.45, 2.75) is 45.6 Å². The van der Waals surface area contributed by atoms with E-state index in [1.165, 1.54) is 26.4 Å². The molecule has 2 unspecified atom stereocenters. The first-order valence-corrected chi connectivity index (χ1v) is 7.24. The summed E-state index contributed by atoms with van der Waals surface area (Å²) < 4.78 is 4.87. The van der Waals surface area contributed by atoms with Crippen molar-refractivity contribution in [1.29, 1.82) is 0 Å². The van der Waals surface area contributed by atoms with Crippen molar-refractivity contribution in [1.82, 2.24) is 10.2 Å². The third kappa shape index (κ3) is 4.94. The van der Waals surface area contributed by atoms with Gasteiger partial charge < -0.3 is 15.0 Å². The summed E-state index contributed by atoms with van der Waals surface area (Å²) in [6.07, 6.45) is 4.87. The number of nitrogens with zero attached hydrogens (tertiary/aromatic N) is 1. The number of nitrogens with one attached hydrogen (secondary N) is 1. The molecule has 1 N–H and O–H groups in total. The van der Waals surface area contributed by atoms with E-state index in [1.54, 1.807) is 0 Å². The molecule has 1 rings (SSSR count). The van der Waals surface area contributed by atoms with Crippen molar-refractivity contribution in [3.05, 3.63) is 0 Å². The van der Waals surface area contributed by atoms with E-state index in [0.717, 1.165) is 38.5 Å². The summed E-state index contributed by atoms with van der Waals surface area (Å²) in [4.78, 5) is 14.1. The topological polar surface area (TPSA) is 41.6 Å². The van der Waals surface area contributed by atoms with Crippen LogP contribution in [0.15, 0.2) is 0 Å². The minimum Gasteiger partial charge on any atom is -0.468 e. The molecular formula is C14H28N2O2. The summed E-state index contributed by atoms with van der Waals surface area (Å²) >= 11 is 0. The van der Waals surface area contributed by atoms with Gasteiger partial charge in [-0.2, -0.15) is 0 Å². The smallest absolute Gasteiger partial charge is 0.324 e. The quantitative estimate of drug-likeness (QED) is 0.671. The Kier molecular flexibility index (Phi) is 7.28. The molecule has 1 fully saturated rings. The molecule has 1 aliphatic heterocycles. The normalized spacial score (nSPS) is 22.1. The monoisotopic (exact) mass is 256 g/mol. The van der Waals surface area contributed by atoms with Crippen LogP contribution in [-0.4, -0.2) is 50.2 Å². The molecule has 0 aromatic heterocycles. The van der Waals surface area contributed by atoms with Gasteiger partial charge >= 0.3 is 5.97 Å². The molecule has 4 nitrogen and oxygen atoms in total. The van der Waals surface area contributed by atoms with Gasteiger partial charge in [0, 0.05) is 13.1 Å². The molecule has 0 spiro atoms. The number of carbonyl (C=O) groups excluding carboxylic acids is 1. The van der Waals surface area contributed by atoms with E-state index < -0.39 is 0 Å². The lowest BCUT2D eigenvalue weighted by Crippen LogP contribution is -2.46. The van der Waals surface area contributed by atoms with E-state index in [2.05, 4.69) is 24.1 Å². The van der Waals surface area contributed by atoms with Gasteiger partial charge in [-0.05, 0) is 38.3 Å². The number of methoxy groups -OCH3 is 1. The van der Waals surface area contributed by atoms with Crippen LogP contribution in [0.1, 0.15) is 39.5 Å². The minimum atomic E-state index is -0.171. The Balaban J connectivity index is 2.38. The van der Waals surface area contributed by atoms with Crippen LogP contribution in [0.5, 0.6) is 0 Å². The van der Waals surface area contributed by atoms with Crippen LogP contribution in [0.3, 0.4) is 0 Å². The number of rotatable bonds is 8. The molecule has 0 aromatic carbocycles. The van der Waals surface area contributed by atoms with E-state index in [1.807, 2.05) is 0 Å². The molecule has 0 aliphatic carbocycles. The molecule has 0 saturated carbocycles. The van der Waals surface area contributed by atoms with Gasteiger partial charge in [0.15, 0.2) is 0 Å². The van der Waals surface area contributed by atoms with Gasteiger partial charge in [-0.1, -0.05) is 20.3 Å². The van der Waals surface area contributed by atoms with Gasteiger partial charge in [-0.15, -0.1) is 0 Å². The summed E-state index contributed by atoms with van der Waals surface area (Å²) in [5, 5.41) is 3.28. The summed E-state index contributed by atoms with van der Waals surface area (Å²) in [6, 6.07) is -0.171. The van der Waals surface area contributed by atoms with Gasteiger partial charge in [-0.3, -0.25) is 4.79 Å². The molecule has 1 heterocycles. The van der Waals surface area contributed by atoms with Crippen LogP contribution in [0.2, 0.25) is 0 Å². The molecule has 4 heteroatoms. The highest BCUT2D eigenvalue weighted by Gasteiger charge is 2.27.